The zero-order valence-corrected chi connectivity index (χ0v) is 19.6. The molecule has 1 N–H and O–H groups in total. The van der Waals surface area contributed by atoms with Crippen molar-refractivity contribution in [2.24, 2.45) is 0 Å². The molecule has 0 saturated heterocycles. The number of para-hydroxylation sites is 1. The minimum absolute atomic E-state index is 1.18. The maximum atomic E-state index is 5.06. The number of aromatic nitrogens is 1. The standard InChI is InChI=1S/C16H13N.6ClH.Sb/c1-12-11-15(13-7-3-2-4-8-13)14-9-5-6-10-16(14)17-12;;;;;;;/h2-11H,1H3;6*1H;/q;;;;;;;+5/p-5. The molecule has 1 aromatic heterocycles. The van der Waals surface area contributed by atoms with Crippen LogP contribution in [0.15, 0.2) is 60.7 Å². The van der Waals surface area contributed by atoms with E-state index in [9.17, 15) is 0 Å². The van der Waals surface area contributed by atoms with Crippen molar-refractivity contribution in [3.05, 3.63) is 66.4 Å². The molecule has 0 bridgehead atoms. The Morgan fingerprint density at radius 3 is 1.83 bits per heavy atom. The molecule has 3 aromatic rings. The summed E-state index contributed by atoms with van der Waals surface area (Å²) in [5.74, 6) is 0. The van der Waals surface area contributed by atoms with Crippen LogP contribution in [0.5, 0.6) is 0 Å². The summed E-state index contributed by atoms with van der Waals surface area (Å²) >= 11 is 0. The van der Waals surface area contributed by atoms with Gasteiger partial charge in [-0.1, -0.05) is 42.5 Å². The van der Waals surface area contributed by atoms with Gasteiger partial charge in [-0.05, 0) is 11.6 Å². The molecule has 8 heteroatoms. The molecule has 1 heterocycles. The van der Waals surface area contributed by atoms with E-state index in [1.807, 2.05) is 6.07 Å². The summed E-state index contributed by atoms with van der Waals surface area (Å²) in [7, 11) is 25.0. The molecule has 24 heavy (non-hydrogen) atoms. The Bertz CT molecular complexity index is 849. The third kappa shape index (κ3) is 8.19. The summed E-state index contributed by atoms with van der Waals surface area (Å²) in [4.78, 5) is 3.40. The van der Waals surface area contributed by atoms with E-state index in [0.717, 1.165) is 0 Å². The quantitative estimate of drug-likeness (QED) is 0.279. The predicted octanol–water partition coefficient (Wildman–Crippen LogP) is 7.39. The molecule has 0 atom stereocenters. The molecule has 2 aromatic carbocycles. The summed E-state index contributed by atoms with van der Waals surface area (Å²) < 4.78 is 0. The summed E-state index contributed by atoms with van der Waals surface area (Å²) in [6, 6.07) is 21.1. The Hall–Kier alpha value is 0.408. The van der Waals surface area contributed by atoms with Crippen LogP contribution in [0.2, 0.25) is 0 Å². The first kappa shape index (κ1) is 20.7. The van der Waals surface area contributed by atoms with E-state index < -0.39 is 9.14 Å². The summed E-state index contributed by atoms with van der Waals surface area (Å²) in [6.45, 7) is 2.10. The second-order valence-corrected chi connectivity index (χ2v) is 62.1. The number of hydrogen-bond donors (Lipinski definition) is 0. The van der Waals surface area contributed by atoms with Crippen molar-refractivity contribution >= 4 is 73.0 Å². The fourth-order valence-electron chi connectivity index (χ4n) is 2.23. The minimum atomic E-state index is -5.42. The number of halogens is 6. The van der Waals surface area contributed by atoms with Gasteiger partial charge < -0.3 is 0 Å². The number of aromatic amines is 1. The van der Waals surface area contributed by atoms with E-state index in [1.54, 1.807) is 0 Å². The van der Waals surface area contributed by atoms with Gasteiger partial charge in [0.15, 0.2) is 5.69 Å². The molecule has 130 valence electrons. The van der Waals surface area contributed by atoms with E-state index in [0.29, 0.717) is 0 Å². The molecule has 1 nitrogen and oxygen atoms in total. The van der Waals surface area contributed by atoms with E-state index in [-0.39, 0.29) is 0 Å². The van der Waals surface area contributed by atoms with Crippen LogP contribution in [0.3, 0.4) is 0 Å². The van der Waals surface area contributed by atoms with Gasteiger partial charge >= 0.3 is 62.1 Å². The fraction of sp³-hybridized carbons (Fsp3) is 0.0625. The van der Waals surface area contributed by atoms with Gasteiger partial charge in [-0.2, -0.15) is 0 Å². The molecular formula is C16H14Cl6NSb. The van der Waals surface area contributed by atoms with Crippen molar-refractivity contribution in [2.75, 3.05) is 0 Å². The molecule has 0 aliphatic rings. The van der Waals surface area contributed by atoms with Crippen LogP contribution in [0, 0.1) is 6.92 Å². The van der Waals surface area contributed by atoms with E-state index >= 15 is 0 Å². The number of H-pyrrole nitrogens is 1. The van der Waals surface area contributed by atoms with Gasteiger partial charge in [0, 0.05) is 24.6 Å². The van der Waals surface area contributed by atoms with Gasteiger partial charge in [0.2, 0.25) is 5.52 Å². The van der Waals surface area contributed by atoms with Crippen LogP contribution in [-0.2, 0) is 0 Å². The van der Waals surface area contributed by atoms with Crippen LogP contribution in [0.1, 0.15) is 5.69 Å². The molecule has 0 amide bonds. The van der Waals surface area contributed by atoms with Crippen LogP contribution in [-0.4, -0.2) is 9.14 Å². The Morgan fingerprint density at radius 1 is 0.750 bits per heavy atom. The van der Waals surface area contributed by atoms with Crippen molar-refractivity contribution in [2.45, 2.75) is 6.92 Å². The fourth-order valence-corrected chi connectivity index (χ4v) is 2.23. The van der Waals surface area contributed by atoms with E-state index in [4.69, 9.17) is 53.0 Å². The summed E-state index contributed by atoms with van der Waals surface area (Å²) in [5, 5.41) is 1.27. The Morgan fingerprint density at radius 2 is 1.25 bits per heavy atom. The SMILES string of the molecule is Cc1cc(-c2ccccc2)c2ccccc2[nH+]1.[Cl][Sb-]([Cl])([Cl])([Cl])([Cl])[Cl]. The van der Waals surface area contributed by atoms with Crippen molar-refractivity contribution in [1.29, 1.82) is 0 Å². The van der Waals surface area contributed by atoms with Gasteiger partial charge in [0.05, 0.1) is 5.39 Å². The predicted molar refractivity (Wildman–Crippen MR) is 112 cm³/mol. The van der Waals surface area contributed by atoms with E-state index in [2.05, 4.69) is 66.5 Å². The molecule has 0 aliphatic heterocycles. The van der Waals surface area contributed by atoms with Crippen LogP contribution in [0.25, 0.3) is 22.0 Å². The van der Waals surface area contributed by atoms with Crippen LogP contribution >= 0.6 is 53.0 Å². The normalized spacial score (nSPS) is 14.3. The zero-order chi connectivity index (χ0) is 18.1. The number of nitrogens with one attached hydrogen (secondary N) is 1. The molecule has 3 rings (SSSR count). The summed E-state index contributed by atoms with van der Waals surface area (Å²) in [5.41, 5.74) is 4.92. The zero-order valence-electron chi connectivity index (χ0n) is 12.5. The monoisotopic (exact) mass is 551 g/mol. The van der Waals surface area contributed by atoms with Crippen molar-refractivity contribution in [3.8, 4) is 11.1 Å². The topological polar surface area (TPSA) is 14.1 Å². The van der Waals surface area contributed by atoms with Crippen molar-refractivity contribution in [3.63, 3.8) is 0 Å². The van der Waals surface area contributed by atoms with Gasteiger partial charge in [0.25, 0.3) is 0 Å². The average molecular weight is 555 g/mol. The molecule has 0 unspecified atom stereocenters. The molecule has 0 saturated carbocycles. The van der Waals surface area contributed by atoms with Crippen LogP contribution < -0.4 is 4.98 Å². The third-order valence-corrected chi connectivity index (χ3v) is 2.99. The summed E-state index contributed by atoms with van der Waals surface area (Å²) in [6.07, 6.45) is 0. The Kier molecular flexibility index (Phi) is 5.92. The van der Waals surface area contributed by atoms with Crippen LogP contribution in [0.4, 0.5) is 0 Å². The number of aryl methyl sites for hydroxylation is 1. The number of rotatable bonds is 1. The molecule has 0 fully saturated rings. The van der Waals surface area contributed by atoms with Gasteiger partial charge in [0.1, 0.15) is 0 Å². The third-order valence-electron chi connectivity index (χ3n) is 2.99. The van der Waals surface area contributed by atoms with Gasteiger partial charge in [-0.25, -0.2) is 4.98 Å². The number of fused-ring (bicyclic) bond motifs is 1. The number of benzene rings is 2. The number of pyridine rings is 1. The Labute approximate surface area is 160 Å². The first-order valence-corrected chi connectivity index (χ1v) is 26.2. The first-order chi connectivity index (χ1) is 10.8. The van der Waals surface area contributed by atoms with E-state index in [1.165, 1.54) is 27.7 Å². The second kappa shape index (κ2) is 6.86. The average Bonchev–Trinajstić information content (AvgIpc) is 2.44. The van der Waals surface area contributed by atoms with Crippen molar-refractivity contribution in [1.82, 2.24) is 0 Å². The molecule has 0 radical (unpaired) electrons. The maximum absolute atomic E-state index is 5.42. The number of hydrogen-bond acceptors (Lipinski definition) is 0. The molecular weight excluding hydrogens is 541 g/mol. The van der Waals surface area contributed by atoms with Gasteiger partial charge in [-0.3, -0.25) is 0 Å². The first-order valence-electron chi connectivity index (χ1n) is 6.83. The molecule has 0 spiro atoms. The Balaban J connectivity index is 0.000000256. The van der Waals surface area contributed by atoms with Gasteiger partial charge in [-0.15, -0.1) is 0 Å². The second-order valence-electron chi connectivity index (χ2n) is 5.24. The van der Waals surface area contributed by atoms with Crippen molar-refractivity contribution < 1.29 is 4.98 Å². The molecule has 0 aliphatic carbocycles.